The predicted octanol–water partition coefficient (Wildman–Crippen LogP) is 6.95. The number of pyridine rings is 2. The van der Waals surface area contributed by atoms with Gasteiger partial charge < -0.3 is 20.1 Å². The van der Waals surface area contributed by atoms with Crippen LogP contribution in [0.5, 0.6) is 11.5 Å². The third-order valence-electron chi connectivity index (χ3n) is 6.91. The normalized spacial score (nSPS) is 10.7. The number of anilines is 2. The molecule has 214 valence electrons. The van der Waals surface area contributed by atoms with E-state index in [1.54, 1.807) is 26.6 Å². The standard InChI is InChI=1S/C32H37N5O4/c1-4-5-6-9-29-28(19-23-10-14-26(40-2)15-11-23)30(34-22-25-8-7-18-33-20-25)31(37(38)39)32(36-29)35-21-24-12-16-27(41-3)17-13-24/h7-8,10-18,20H,4-6,9,19,21-22H2,1-3H3,(H2,34,35,36). The zero-order chi connectivity index (χ0) is 29.0. The fraction of sp³-hybridized carbons (Fsp3) is 0.312. The van der Waals surface area contributed by atoms with Crippen molar-refractivity contribution in [3.05, 3.63) is 111 Å². The number of hydrogen-bond acceptors (Lipinski definition) is 8. The van der Waals surface area contributed by atoms with Crippen molar-refractivity contribution >= 4 is 17.2 Å². The van der Waals surface area contributed by atoms with Crippen molar-refractivity contribution in [1.29, 1.82) is 0 Å². The lowest BCUT2D eigenvalue weighted by Crippen LogP contribution is -2.14. The molecule has 0 aliphatic carbocycles. The van der Waals surface area contributed by atoms with E-state index in [4.69, 9.17) is 14.5 Å². The summed E-state index contributed by atoms with van der Waals surface area (Å²) >= 11 is 0. The monoisotopic (exact) mass is 555 g/mol. The van der Waals surface area contributed by atoms with Gasteiger partial charge in [-0.1, -0.05) is 50.1 Å². The van der Waals surface area contributed by atoms with Crippen LogP contribution in [0, 0.1) is 10.1 Å². The first kappa shape index (κ1) is 29.3. The fourth-order valence-corrected chi connectivity index (χ4v) is 4.66. The molecule has 2 heterocycles. The maximum Gasteiger partial charge on any atom is 0.334 e. The summed E-state index contributed by atoms with van der Waals surface area (Å²) in [4.78, 5) is 21.4. The second-order valence-corrected chi connectivity index (χ2v) is 9.76. The maximum atomic E-state index is 12.6. The van der Waals surface area contributed by atoms with Crippen molar-refractivity contribution < 1.29 is 14.4 Å². The van der Waals surface area contributed by atoms with Crippen LogP contribution in [0.25, 0.3) is 0 Å². The van der Waals surface area contributed by atoms with E-state index in [1.165, 1.54) is 0 Å². The Balaban J connectivity index is 1.78. The van der Waals surface area contributed by atoms with Crippen LogP contribution in [0.3, 0.4) is 0 Å². The lowest BCUT2D eigenvalue weighted by Gasteiger charge is -2.19. The minimum Gasteiger partial charge on any atom is -0.497 e. The number of ether oxygens (including phenoxy) is 2. The first-order chi connectivity index (χ1) is 20.0. The number of nitrogens with zero attached hydrogens (tertiary/aromatic N) is 3. The third-order valence-corrected chi connectivity index (χ3v) is 6.91. The molecule has 0 bridgehead atoms. The summed E-state index contributed by atoms with van der Waals surface area (Å²) in [5.41, 5.74) is 5.00. The molecule has 0 unspecified atom stereocenters. The molecule has 2 aromatic carbocycles. The van der Waals surface area contributed by atoms with Crippen molar-refractivity contribution in [2.45, 2.75) is 52.1 Å². The van der Waals surface area contributed by atoms with Crippen molar-refractivity contribution in [3.63, 3.8) is 0 Å². The molecule has 0 saturated carbocycles. The van der Waals surface area contributed by atoms with Crippen LogP contribution < -0.4 is 20.1 Å². The van der Waals surface area contributed by atoms with E-state index < -0.39 is 0 Å². The highest BCUT2D eigenvalue weighted by atomic mass is 16.6. The molecule has 9 nitrogen and oxygen atoms in total. The van der Waals surface area contributed by atoms with E-state index in [-0.39, 0.29) is 16.4 Å². The Kier molecular flexibility index (Phi) is 10.5. The molecule has 0 fully saturated rings. The van der Waals surface area contributed by atoms with E-state index in [2.05, 4.69) is 22.5 Å². The molecule has 0 aliphatic heterocycles. The van der Waals surface area contributed by atoms with Crippen LogP contribution in [0.4, 0.5) is 17.2 Å². The molecule has 0 saturated heterocycles. The number of hydrogen-bond donors (Lipinski definition) is 2. The lowest BCUT2D eigenvalue weighted by molar-refractivity contribution is -0.383. The van der Waals surface area contributed by atoms with Crippen molar-refractivity contribution in [2.24, 2.45) is 0 Å². The first-order valence-corrected chi connectivity index (χ1v) is 13.8. The molecule has 2 N–H and O–H groups in total. The Hall–Kier alpha value is -4.66. The van der Waals surface area contributed by atoms with Crippen molar-refractivity contribution in [2.75, 3.05) is 24.9 Å². The molecule has 9 heteroatoms. The summed E-state index contributed by atoms with van der Waals surface area (Å²) in [7, 11) is 3.25. The molecule has 2 aromatic heterocycles. The molecule has 0 atom stereocenters. The minimum atomic E-state index is -0.345. The highest BCUT2D eigenvalue weighted by molar-refractivity contribution is 5.78. The third kappa shape index (κ3) is 7.94. The molecule has 4 aromatic rings. The summed E-state index contributed by atoms with van der Waals surface area (Å²) in [5.74, 6) is 1.76. The maximum absolute atomic E-state index is 12.6. The zero-order valence-corrected chi connectivity index (χ0v) is 23.9. The van der Waals surface area contributed by atoms with E-state index in [1.807, 2.05) is 60.7 Å². The SMILES string of the molecule is CCCCCc1nc(NCc2ccc(OC)cc2)c([N+](=O)[O-])c(NCc2cccnc2)c1Cc1ccc(OC)cc1. The van der Waals surface area contributed by atoms with E-state index in [0.717, 1.165) is 65.1 Å². The second kappa shape index (κ2) is 14.6. The summed E-state index contributed by atoms with van der Waals surface area (Å²) in [6, 6.07) is 19.2. The first-order valence-electron chi connectivity index (χ1n) is 13.8. The van der Waals surface area contributed by atoms with Gasteiger partial charge in [0.25, 0.3) is 0 Å². The molecular formula is C32H37N5O4. The quantitative estimate of drug-likeness (QED) is 0.0921. The highest BCUT2D eigenvalue weighted by Gasteiger charge is 2.28. The van der Waals surface area contributed by atoms with Crippen LogP contribution in [-0.4, -0.2) is 29.1 Å². The van der Waals surface area contributed by atoms with Crippen LogP contribution in [-0.2, 0) is 25.9 Å². The van der Waals surface area contributed by atoms with E-state index in [0.29, 0.717) is 25.2 Å². The number of aromatic nitrogens is 2. The van der Waals surface area contributed by atoms with Crippen LogP contribution >= 0.6 is 0 Å². The van der Waals surface area contributed by atoms with Crippen molar-refractivity contribution in [1.82, 2.24) is 9.97 Å². The van der Waals surface area contributed by atoms with Gasteiger partial charge in [0, 0.05) is 43.2 Å². The van der Waals surface area contributed by atoms with Gasteiger partial charge in [0.1, 0.15) is 17.2 Å². The van der Waals surface area contributed by atoms with Crippen LogP contribution in [0.2, 0.25) is 0 Å². The average Bonchev–Trinajstić information content (AvgIpc) is 3.01. The Labute approximate surface area is 241 Å². The van der Waals surface area contributed by atoms with E-state index in [9.17, 15) is 10.1 Å². The number of unbranched alkanes of at least 4 members (excludes halogenated alkanes) is 2. The molecule has 0 amide bonds. The molecule has 41 heavy (non-hydrogen) atoms. The molecule has 0 radical (unpaired) electrons. The Morgan fingerprint density at radius 1 is 0.854 bits per heavy atom. The summed E-state index contributed by atoms with van der Waals surface area (Å²) in [5, 5.41) is 19.3. The second-order valence-electron chi connectivity index (χ2n) is 9.76. The van der Waals surface area contributed by atoms with Gasteiger partial charge in [0.2, 0.25) is 5.82 Å². The minimum absolute atomic E-state index is 0.0647. The van der Waals surface area contributed by atoms with E-state index >= 15 is 0 Å². The molecule has 4 rings (SSSR count). The van der Waals surface area contributed by atoms with Gasteiger partial charge in [-0.25, -0.2) is 4.98 Å². The van der Waals surface area contributed by atoms with Crippen LogP contribution in [0.1, 0.15) is 54.1 Å². The lowest BCUT2D eigenvalue weighted by atomic mass is 9.97. The van der Waals surface area contributed by atoms with Gasteiger partial charge in [-0.15, -0.1) is 0 Å². The highest BCUT2D eigenvalue weighted by Crippen LogP contribution is 2.39. The molecule has 0 spiro atoms. The number of benzene rings is 2. The smallest absolute Gasteiger partial charge is 0.334 e. The summed E-state index contributed by atoms with van der Waals surface area (Å²) in [6.45, 7) is 2.93. The topological polar surface area (TPSA) is 111 Å². The van der Waals surface area contributed by atoms with Gasteiger partial charge in [-0.3, -0.25) is 15.1 Å². The predicted molar refractivity (Wildman–Crippen MR) is 162 cm³/mol. The molecule has 0 aliphatic rings. The number of rotatable bonds is 15. The van der Waals surface area contributed by atoms with Crippen molar-refractivity contribution in [3.8, 4) is 11.5 Å². The molecular weight excluding hydrogens is 518 g/mol. The summed E-state index contributed by atoms with van der Waals surface area (Å²) in [6.07, 6.45) is 7.73. The number of methoxy groups -OCH3 is 2. The Morgan fingerprint density at radius 2 is 1.51 bits per heavy atom. The number of nitrogens with one attached hydrogen (secondary N) is 2. The average molecular weight is 556 g/mol. The van der Waals surface area contributed by atoms with Gasteiger partial charge >= 0.3 is 5.69 Å². The number of nitro groups is 1. The Morgan fingerprint density at radius 3 is 2.10 bits per heavy atom. The zero-order valence-electron chi connectivity index (χ0n) is 23.9. The fourth-order valence-electron chi connectivity index (χ4n) is 4.66. The Bertz CT molecular complexity index is 1410. The van der Waals surface area contributed by atoms with Gasteiger partial charge in [0.15, 0.2) is 0 Å². The largest absolute Gasteiger partial charge is 0.497 e. The number of aryl methyl sites for hydroxylation is 1. The van der Waals surface area contributed by atoms with Crippen LogP contribution in [0.15, 0.2) is 73.1 Å². The van der Waals surface area contributed by atoms with Gasteiger partial charge in [0.05, 0.1) is 19.1 Å². The van der Waals surface area contributed by atoms with Gasteiger partial charge in [-0.2, -0.15) is 0 Å². The van der Waals surface area contributed by atoms with Gasteiger partial charge in [-0.05, 0) is 59.9 Å². The summed E-state index contributed by atoms with van der Waals surface area (Å²) < 4.78 is 10.6.